The van der Waals surface area contributed by atoms with Crippen LogP contribution in [-0.4, -0.2) is 21.0 Å². The van der Waals surface area contributed by atoms with E-state index in [1.165, 1.54) is 12.1 Å². The van der Waals surface area contributed by atoms with Crippen molar-refractivity contribution < 1.29 is 23.1 Å². The number of fused-ring (bicyclic) bond motifs is 1. The van der Waals surface area contributed by atoms with E-state index in [0.717, 1.165) is 11.1 Å². The van der Waals surface area contributed by atoms with E-state index in [2.05, 4.69) is 9.97 Å². The molecule has 0 radical (unpaired) electrons. The molecule has 0 aliphatic carbocycles. The van der Waals surface area contributed by atoms with Crippen LogP contribution in [0.25, 0.3) is 11.0 Å². The van der Waals surface area contributed by atoms with E-state index in [1.807, 2.05) is 0 Å². The van der Waals surface area contributed by atoms with Crippen molar-refractivity contribution in [3.63, 3.8) is 0 Å². The van der Waals surface area contributed by atoms with Crippen molar-refractivity contribution in [2.45, 2.75) is 20.0 Å². The van der Waals surface area contributed by atoms with Crippen LogP contribution in [0.4, 0.5) is 13.2 Å². The first kappa shape index (κ1) is 13.3. The maximum absolute atomic E-state index is 12.8. The van der Waals surface area contributed by atoms with Gasteiger partial charge in [0.1, 0.15) is 0 Å². The zero-order valence-corrected chi connectivity index (χ0v) is 10.0. The number of alkyl halides is 3. The summed E-state index contributed by atoms with van der Waals surface area (Å²) >= 11 is 0. The van der Waals surface area contributed by atoms with Crippen molar-refractivity contribution in [1.82, 2.24) is 9.97 Å². The number of carboxylic acids is 1. The average Bonchev–Trinajstić information content (AvgIpc) is 2.27. The predicted octanol–water partition coefficient (Wildman–Crippen LogP) is 2.96. The van der Waals surface area contributed by atoms with Crippen molar-refractivity contribution in [2.24, 2.45) is 0 Å². The number of aromatic nitrogens is 2. The minimum atomic E-state index is -4.85. The van der Waals surface area contributed by atoms with E-state index in [4.69, 9.17) is 5.11 Å². The molecule has 19 heavy (non-hydrogen) atoms. The van der Waals surface area contributed by atoms with Crippen molar-refractivity contribution >= 4 is 17.0 Å². The third-order valence-corrected chi connectivity index (χ3v) is 2.75. The number of halogens is 3. The Morgan fingerprint density at radius 3 is 2.00 bits per heavy atom. The van der Waals surface area contributed by atoms with Crippen molar-refractivity contribution in [3.05, 3.63) is 34.6 Å². The summed E-state index contributed by atoms with van der Waals surface area (Å²) < 4.78 is 38.3. The van der Waals surface area contributed by atoms with Crippen LogP contribution in [0.5, 0.6) is 0 Å². The number of carboxylic acid groups (broad SMARTS) is 1. The van der Waals surface area contributed by atoms with Crippen molar-refractivity contribution in [2.75, 3.05) is 0 Å². The highest BCUT2D eigenvalue weighted by Crippen LogP contribution is 2.31. The second-order valence-corrected chi connectivity index (χ2v) is 4.15. The third kappa shape index (κ3) is 2.35. The van der Waals surface area contributed by atoms with Crippen molar-refractivity contribution in [1.29, 1.82) is 0 Å². The van der Waals surface area contributed by atoms with Gasteiger partial charge in [-0.1, -0.05) is 0 Å². The second-order valence-electron chi connectivity index (χ2n) is 4.15. The number of hydrogen-bond acceptors (Lipinski definition) is 3. The van der Waals surface area contributed by atoms with E-state index in [0.29, 0.717) is 0 Å². The molecule has 0 atom stereocenters. The van der Waals surface area contributed by atoms with E-state index in [-0.39, 0.29) is 11.0 Å². The number of hydrogen-bond donors (Lipinski definition) is 1. The zero-order valence-electron chi connectivity index (χ0n) is 10.0. The van der Waals surface area contributed by atoms with Gasteiger partial charge in [-0.15, -0.1) is 0 Å². The number of aromatic carboxylic acids is 1. The van der Waals surface area contributed by atoms with Crippen LogP contribution in [-0.2, 0) is 6.18 Å². The highest BCUT2D eigenvalue weighted by Gasteiger charge is 2.38. The fourth-order valence-corrected chi connectivity index (χ4v) is 1.66. The summed E-state index contributed by atoms with van der Waals surface area (Å²) in [5.41, 5.74) is -0.830. The molecule has 1 N–H and O–H groups in total. The van der Waals surface area contributed by atoms with Gasteiger partial charge < -0.3 is 5.11 Å². The molecule has 0 saturated carbocycles. The first-order chi connectivity index (χ1) is 8.70. The first-order valence-electron chi connectivity index (χ1n) is 5.29. The van der Waals surface area contributed by atoms with Crippen LogP contribution in [0.15, 0.2) is 12.1 Å². The summed E-state index contributed by atoms with van der Waals surface area (Å²) in [4.78, 5) is 17.8. The molecule has 2 rings (SSSR count). The molecular formula is C12H9F3N2O2. The molecule has 0 bridgehead atoms. The summed E-state index contributed by atoms with van der Waals surface area (Å²) in [6.07, 6.45) is -4.85. The molecule has 0 unspecified atom stereocenters. The van der Waals surface area contributed by atoms with Gasteiger partial charge in [0.15, 0.2) is 11.4 Å². The van der Waals surface area contributed by atoms with Gasteiger partial charge in [-0.3, -0.25) is 0 Å². The lowest BCUT2D eigenvalue weighted by molar-refractivity contribution is -0.141. The Balaban J connectivity index is 2.84. The number of benzene rings is 1. The van der Waals surface area contributed by atoms with E-state index < -0.39 is 23.5 Å². The monoisotopic (exact) mass is 270 g/mol. The highest BCUT2D eigenvalue weighted by molar-refractivity contribution is 5.90. The first-order valence-corrected chi connectivity index (χ1v) is 5.29. The topological polar surface area (TPSA) is 63.1 Å². The molecule has 0 aliphatic heterocycles. The average molecular weight is 270 g/mol. The lowest BCUT2D eigenvalue weighted by atomic mass is 10.1. The number of aryl methyl sites for hydroxylation is 2. The predicted molar refractivity (Wildman–Crippen MR) is 61.0 cm³/mol. The molecule has 100 valence electrons. The lowest BCUT2D eigenvalue weighted by Gasteiger charge is -2.10. The molecule has 0 fully saturated rings. The van der Waals surface area contributed by atoms with E-state index >= 15 is 0 Å². The highest BCUT2D eigenvalue weighted by atomic mass is 19.4. The summed E-state index contributed by atoms with van der Waals surface area (Å²) in [5.74, 6) is -1.75. The third-order valence-electron chi connectivity index (χ3n) is 2.75. The van der Waals surface area contributed by atoms with Gasteiger partial charge >= 0.3 is 12.1 Å². The molecular weight excluding hydrogens is 261 g/mol. The van der Waals surface area contributed by atoms with Crippen LogP contribution in [0.1, 0.15) is 27.3 Å². The van der Waals surface area contributed by atoms with Crippen LogP contribution in [0.3, 0.4) is 0 Å². The Morgan fingerprint density at radius 2 is 1.58 bits per heavy atom. The maximum atomic E-state index is 12.8. The SMILES string of the molecule is Cc1cc2nc(C(=O)O)c(C(F)(F)F)nc2cc1C. The normalized spacial score (nSPS) is 11.8. The standard InChI is InChI=1S/C12H9F3N2O2/c1-5-3-7-8(4-6(5)2)17-10(12(13,14)15)9(16-7)11(18)19/h3-4H,1-2H3,(H,18,19). The van der Waals surface area contributed by atoms with Gasteiger partial charge in [-0.05, 0) is 37.1 Å². The quantitative estimate of drug-likeness (QED) is 0.865. The number of carbonyl (C=O) groups is 1. The molecule has 1 heterocycles. The fraction of sp³-hybridized carbons (Fsp3) is 0.250. The van der Waals surface area contributed by atoms with Crippen LogP contribution in [0, 0.1) is 13.8 Å². The van der Waals surface area contributed by atoms with Gasteiger partial charge in [-0.2, -0.15) is 13.2 Å². The van der Waals surface area contributed by atoms with Gasteiger partial charge in [0.25, 0.3) is 0 Å². The number of rotatable bonds is 1. The minimum absolute atomic E-state index is 0.0282. The van der Waals surface area contributed by atoms with Gasteiger partial charge in [-0.25, -0.2) is 14.8 Å². The molecule has 1 aromatic carbocycles. The van der Waals surface area contributed by atoms with Gasteiger partial charge in [0.05, 0.1) is 11.0 Å². The van der Waals surface area contributed by atoms with Crippen LogP contribution < -0.4 is 0 Å². The molecule has 0 spiro atoms. The molecule has 0 saturated heterocycles. The van der Waals surface area contributed by atoms with Gasteiger partial charge in [0.2, 0.25) is 0 Å². The maximum Gasteiger partial charge on any atom is 0.435 e. The summed E-state index contributed by atoms with van der Waals surface area (Å²) in [5, 5.41) is 8.81. The summed E-state index contributed by atoms with van der Waals surface area (Å²) in [6, 6.07) is 2.97. The van der Waals surface area contributed by atoms with Crippen LogP contribution in [0.2, 0.25) is 0 Å². The zero-order chi connectivity index (χ0) is 14.4. The molecule has 0 aliphatic rings. The van der Waals surface area contributed by atoms with Crippen molar-refractivity contribution in [3.8, 4) is 0 Å². The Kier molecular flexibility index (Phi) is 2.92. The molecule has 1 aromatic heterocycles. The van der Waals surface area contributed by atoms with E-state index in [1.54, 1.807) is 13.8 Å². The minimum Gasteiger partial charge on any atom is -0.476 e. The fourth-order valence-electron chi connectivity index (χ4n) is 1.66. The lowest BCUT2D eigenvalue weighted by Crippen LogP contribution is -2.17. The Morgan fingerprint density at radius 1 is 1.11 bits per heavy atom. The largest absolute Gasteiger partial charge is 0.476 e. The number of nitrogens with zero attached hydrogens (tertiary/aromatic N) is 2. The second kappa shape index (κ2) is 4.18. The van der Waals surface area contributed by atoms with E-state index in [9.17, 15) is 18.0 Å². The Labute approximate surface area is 105 Å². The molecule has 2 aromatic rings. The van der Waals surface area contributed by atoms with Gasteiger partial charge in [0, 0.05) is 0 Å². The smallest absolute Gasteiger partial charge is 0.435 e. The molecule has 4 nitrogen and oxygen atoms in total. The molecule has 0 amide bonds. The molecule has 7 heteroatoms. The summed E-state index contributed by atoms with van der Waals surface area (Å²) in [6.45, 7) is 3.49. The Bertz CT molecular complexity index is 681. The summed E-state index contributed by atoms with van der Waals surface area (Å²) in [7, 11) is 0. The Hall–Kier alpha value is -2.18. The van der Waals surface area contributed by atoms with Crippen LogP contribution >= 0.6 is 0 Å².